The van der Waals surface area contributed by atoms with Crippen molar-refractivity contribution in [1.29, 1.82) is 0 Å². The van der Waals surface area contributed by atoms with E-state index >= 15 is 0 Å². The SMILES string of the molecule is CCCOCCOc1c(Cl)cccc1CNCC(C)C. The Bertz CT molecular complexity index is 383. The molecule has 0 aromatic heterocycles. The van der Waals surface area contributed by atoms with Crippen LogP contribution in [0.5, 0.6) is 5.75 Å². The lowest BCUT2D eigenvalue weighted by atomic mass is 10.2. The zero-order valence-corrected chi connectivity index (χ0v) is 13.5. The predicted octanol–water partition coefficient (Wildman–Crippen LogP) is 3.89. The molecule has 20 heavy (non-hydrogen) atoms. The molecule has 114 valence electrons. The molecule has 0 radical (unpaired) electrons. The number of nitrogens with one attached hydrogen (secondary N) is 1. The molecule has 1 N–H and O–H groups in total. The summed E-state index contributed by atoms with van der Waals surface area (Å²) in [5.74, 6) is 1.39. The summed E-state index contributed by atoms with van der Waals surface area (Å²) in [5, 5.41) is 4.07. The van der Waals surface area contributed by atoms with Gasteiger partial charge >= 0.3 is 0 Å². The van der Waals surface area contributed by atoms with E-state index in [-0.39, 0.29) is 0 Å². The molecule has 1 rings (SSSR count). The number of hydrogen-bond donors (Lipinski definition) is 1. The van der Waals surface area contributed by atoms with E-state index in [4.69, 9.17) is 21.1 Å². The van der Waals surface area contributed by atoms with Gasteiger partial charge in [0.2, 0.25) is 0 Å². The fraction of sp³-hybridized carbons (Fsp3) is 0.625. The Morgan fingerprint density at radius 2 is 2.00 bits per heavy atom. The third-order valence-corrected chi connectivity index (χ3v) is 3.04. The van der Waals surface area contributed by atoms with E-state index in [2.05, 4.69) is 26.1 Å². The average molecular weight is 300 g/mol. The zero-order valence-electron chi connectivity index (χ0n) is 12.7. The number of para-hydroxylation sites is 1. The Labute approximate surface area is 127 Å². The highest BCUT2D eigenvalue weighted by Gasteiger charge is 2.08. The average Bonchev–Trinajstić information content (AvgIpc) is 2.40. The van der Waals surface area contributed by atoms with E-state index < -0.39 is 0 Å². The second kappa shape index (κ2) is 10.0. The summed E-state index contributed by atoms with van der Waals surface area (Å²) >= 11 is 6.22. The summed E-state index contributed by atoms with van der Waals surface area (Å²) < 4.78 is 11.2. The van der Waals surface area contributed by atoms with E-state index in [1.807, 2.05) is 18.2 Å². The molecule has 0 atom stereocenters. The maximum atomic E-state index is 6.22. The molecular weight excluding hydrogens is 274 g/mol. The second-order valence-electron chi connectivity index (χ2n) is 5.21. The Balaban J connectivity index is 2.49. The maximum Gasteiger partial charge on any atom is 0.142 e. The number of rotatable bonds is 10. The number of halogens is 1. The molecule has 1 aromatic rings. The highest BCUT2D eigenvalue weighted by atomic mass is 35.5. The van der Waals surface area contributed by atoms with Crippen molar-refractivity contribution in [2.24, 2.45) is 5.92 Å². The molecule has 4 heteroatoms. The van der Waals surface area contributed by atoms with Crippen LogP contribution in [0.25, 0.3) is 0 Å². The molecule has 0 unspecified atom stereocenters. The van der Waals surface area contributed by atoms with Gasteiger partial charge in [0.15, 0.2) is 0 Å². The van der Waals surface area contributed by atoms with Crippen molar-refractivity contribution in [3.8, 4) is 5.75 Å². The molecular formula is C16H26ClNO2. The van der Waals surface area contributed by atoms with Crippen LogP contribution < -0.4 is 10.1 Å². The quantitative estimate of drug-likeness (QED) is 0.665. The van der Waals surface area contributed by atoms with Gasteiger partial charge in [-0.15, -0.1) is 0 Å². The minimum absolute atomic E-state index is 0.529. The van der Waals surface area contributed by atoms with Crippen LogP contribution in [-0.2, 0) is 11.3 Å². The normalized spacial score (nSPS) is 11.1. The van der Waals surface area contributed by atoms with Crippen LogP contribution in [0.15, 0.2) is 18.2 Å². The molecule has 0 aliphatic rings. The highest BCUT2D eigenvalue weighted by molar-refractivity contribution is 6.32. The van der Waals surface area contributed by atoms with E-state index in [0.717, 1.165) is 37.4 Å². The first-order chi connectivity index (χ1) is 9.65. The maximum absolute atomic E-state index is 6.22. The van der Waals surface area contributed by atoms with Gasteiger partial charge in [-0.05, 0) is 24.9 Å². The van der Waals surface area contributed by atoms with Crippen molar-refractivity contribution in [3.63, 3.8) is 0 Å². The fourth-order valence-electron chi connectivity index (χ4n) is 1.80. The van der Waals surface area contributed by atoms with E-state index in [9.17, 15) is 0 Å². The Morgan fingerprint density at radius 1 is 1.20 bits per heavy atom. The van der Waals surface area contributed by atoms with Gasteiger partial charge in [-0.3, -0.25) is 0 Å². The molecule has 3 nitrogen and oxygen atoms in total. The molecule has 0 amide bonds. The van der Waals surface area contributed by atoms with E-state index in [1.165, 1.54) is 0 Å². The van der Waals surface area contributed by atoms with Gasteiger partial charge < -0.3 is 14.8 Å². The molecule has 0 fully saturated rings. The summed E-state index contributed by atoms with van der Waals surface area (Å²) in [7, 11) is 0. The first-order valence-electron chi connectivity index (χ1n) is 7.33. The minimum atomic E-state index is 0.529. The number of ether oxygens (including phenoxy) is 2. The van der Waals surface area contributed by atoms with Crippen molar-refractivity contribution in [2.75, 3.05) is 26.4 Å². The summed E-state index contributed by atoms with van der Waals surface area (Å²) in [5.41, 5.74) is 1.09. The zero-order chi connectivity index (χ0) is 14.8. The van der Waals surface area contributed by atoms with Crippen LogP contribution in [0.2, 0.25) is 5.02 Å². The standard InChI is InChI=1S/C16H26ClNO2/c1-4-8-19-9-10-20-16-14(6-5-7-15(16)17)12-18-11-13(2)3/h5-7,13,18H,4,8-12H2,1-3H3. The number of hydrogen-bond acceptors (Lipinski definition) is 3. The van der Waals surface area contributed by atoms with Crippen LogP contribution in [-0.4, -0.2) is 26.4 Å². The van der Waals surface area contributed by atoms with Crippen LogP contribution >= 0.6 is 11.6 Å². The first-order valence-corrected chi connectivity index (χ1v) is 7.71. The smallest absolute Gasteiger partial charge is 0.142 e. The van der Waals surface area contributed by atoms with Gasteiger partial charge in [-0.2, -0.15) is 0 Å². The monoisotopic (exact) mass is 299 g/mol. The van der Waals surface area contributed by atoms with Gasteiger partial charge in [0.1, 0.15) is 12.4 Å². The van der Waals surface area contributed by atoms with Crippen LogP contribution in [0.4, 0.5) is 0 Å². The first kappa shape index (κ1) is 17.3. The molecule has 0 saturated carbocycles. The molecule has 0 heterocycles. The Kier molecular flexibility index (Phi) is 8.67. The van der Waals surface area contributed by atoms with Gasteiger partial charge in [-0.25, -0.2) is 0 Å². The summed E-state index contributed by atoms with van der Waals surface area (Å²) in [6.45, 7) is 10.1. The van der Waals surface area contributed by atoms with Crippen molar-refractivity contribution in [2.45, 2.75) is 33.7 Å². The van der Waals surface area contributed by atoms with E-state index in [0.29, 0.717) is 24.2 Å². The predicted molar refractivity (Wildman–Crippen MR) is 84.6 cm³/mol. The second-order valence-corrected chi connectivity index (χ2v) is 5.62. The third kappa shape index (κ3) is 6.60. The molecule has 0 bridgehead atoms. The molecule has 0 aliphatic heterocycles. The summed E-state index contributed by atoms with van der Waals surface area (Å²) in [4.78, 5) is 0. The van der Waals surface area contributed by atoms with Gasteiger partial charge in [-0.1, -0.05) is 44.5 Å². The third-order valence-electron chi connectivity index (χ3n) is 2.74. The fourth-order valence-corrected chi connectivity index (χ4v) is 2.05. The molecule has 1 aromatic carbocycles. The Morgan fingerprint density at radius 3 is 2.70 bits per heavy atom. The van der Waals surface area contributed by atoms with Crippen LogP contribution in [0.1, 0.15) is 32.8 Å². The van der Waals surface area contributed by atoms with Gasteiger partial charge in [0.25, 0.3) is 0 Å². The van der Waals surface area contributed by atoms with Gasteiger partial charge in [0.05, 0.1) is 11.6 Å². The lowest BCUT2D eigenvalue weighted by Gasteiger charge is -2.14. The Hall–Kier alpha value is -0.770. The van der Waals surface area contributed by atoms with Crippen molar-refractivity contribution in [3.05, 3.63) is 28.8 Å². The lowest BCUT2D eigenvalue weighted by molar-refractivity contribution is 0.100. The van der Waals surface area contributed by atoms with Crippen molar-refractivity contribution < 1.29 is 9.47 Å². The van der Waals surface area contributed by atoms with Gasteiger partial charge in [0, 0.05) is 18.7 Å². The van der Waals surface area contributed by atoms with Crippen LogP contribution in [0.3, 0.4) is 0 Å². The lowest BCUT2D eigenvalue weighted by Crippen LogP contribution is -2.19. The molecule has 0 aliphatic carbocycles. The summed E-state index contributed by atoms with van der Waals surface area (Å²) in [6.07, 6.45) is 1.02. The van der Waals surface area contributed by atoms with Crippen molar-refractivity contribution in [1.82, 2.24) is 5.32 Å². The number of benzene rings is 1. The highest BCUT2D eigenvalue weighted by Crippen LogP contribution is 2.28. The molecule has 0 saturated heterocycles. The largest absolute Gasteiger partial charge is 0.489 e. The van der Waals surface area contributed by atoms with Crippen molar-refractivity contribution >= 4 is 11.6 Å². The molecule has 0 spiro atoms. The summed E-state index contributed by atoms with van der Waals surface area (Å²) in [6, 6.07) is 5.85. The topological polar surface area (TPSA) is 30.5 Å². The minimum Gasteiger partial charge on any atom is -0.489 e. The van der Waals surface area contributed by atoms with Crippen LogP contribution in [0, 0.1) is 5.92 Å². The van der Waals surface area contributed by atoms with E-state index in [1.54, 1.807) is 0 Å².